The molecule has 0 radical (unpaired) electrons. The number of hydrogen-bond donors (Lipinski definition) is 1. The minimum absolute atomic E-state index is 0.138. The molecule has 2 aromatic carbocycles. The first-order valence-electron chi connectivity index (χ1n) is 7.97. The maximum absolute atomic E-state index is 12.2. The van der Waals surface area contributed by atoms with Crippen LogP contribution >= 0.6 is 0 Å². The molecular formula is C20H21NO3. The van der Waals surface area contributed by atoms with Gasteiger partial charge in [-0.3, -0.25) is 4.79 Å². The van der Waals surface area contributed by atoms with Crippen LogP contribution in [0, 0.1) is 0 Å². The van der Waals surface area contributed by atoms with Crippen LogP contribution in [-0.2, 0) is 4.79 Å². The summed E-state index contributed by atoms with van der Waals surface area (Å²) in [6.07, 6.45) is 3.03. The summed E-state index contributed by atoms with van der Waals surface area (Å²) in [6.45, 7) is 0. The highest BCUT2D eigenvalue weighted by molar-refractivity contribution is 5.92. The molecule has 0 heterocycles. The van der Waals surface area contributed by atoms with Gasteiger partial charge in [-0.2, -0.15) is 0 Å². The van der Waals surface area contributed by atoms with Crippen molar-refractivity contribution in [2.24, 2.45) is 0 Å². The molecule has 0 saturated carbocycles. The second-order valence-electron chi connectivity index (χ2n) is 5.84. The Balaban J connectivity index is 1.83. The zero-order valence-electron chi connectivity index (χ0n) is 13.9. The minimum Gasteiger partial charge on any atom is -0.497 e. The van der Waals surface area contributed by atoms with Crippen LogP contribution in [0.4, 0.5) is 5.69 Å². The van der Waals surface area contributed by atoms with Crippen LogP contribution in [0.1, 0.15) is 24.3 Å². The zero-order chi connectivity index (χ0) is 16.9. The van der Waals surface area contributed by atoms with Gasteiger partial charge in [0, 0.05) is 24.3 Å². The number of carbonyl (C=O) groups is 1. The van der Waals surface area contributed by atoms with E-state index in [0.717, 1.165) is 23.6 Å². The highest BCUT2D eigenvalue weighted by atomic mass is 16.5. The van der Waals surface area contributed by atoms with E-state index >= 15 is 0 Å². The Labute approximate surface area is 142 Å². The van der Waals surface area contributed by atoms with Gasteiger partial charge in [-0.1, -0.05) is 30.3 Å². The van der Waals surface area contributed by atoms with E-state index in [4.69, 9.17) is 9.47 Å². The fourth-order valence-corrected chi connectivity index (χ4v) is 3.03. The Hall–Kier alpha value is -2.75. The number of benzene rings is 2. The van der Waals surface area contributed by atoms with E-state index in [0.29, 0.717) is 12.2 Å². The molecule has 24 heavy (non-hydrogen) atoms. The van der Waals surface area contributed by atoms with Crippen molar-refractivity contribution in [1.29, 1.82) is 0 Å². The molecule has 0 aliphatic heterocycles. The van der Waals surface area contributed by atoms with Crippen LogP contribution < -0.4 is 14.8 Å². The van der Waals surface area contributed by atoms with Gasteiger partial charge in [-0.05, 0) is 30.0 Å². The van der Waals surface area contributed by atoms with Crippen molar-refractivity contribution in [2.75, 3.05) is 19.5 Å². The first kappa shape index (κ1) is 16.1. The molecule has 1 aliphatic carbocycles. The van der Waals surface area contributed by atoms with Crippen LogP contribution in [0.5, 0.6) is 11.5 Å². The van der Waals surface area contributed by atoms with Gasteiger partial charge in [0.2, 0.25) is 0 Å². The van der Waals surface area contributed by atoms with Gasteiger partial charge in [-0.25, -0.2) is 0 Å². The molecule has 1 aliphatic rings. The van der Waals surface area contributed by atoms with Gasteiger partial charge in [0.25, 0.3) is 0 Å². The normalized spacial score (nSPS) is 17.2. The third-order valence-electron chi connectivity index (χ3n) is 4.22. The van der Waals surface area contributed by atoms with Crippen molar-refractivity contribution >= 4 is 11.5 Å². The first-order valence-corrected chi connectivity index (χ1v) is 7.97. The van der Waals surface area contributed by atoms with Gasteiger partial charge >= 0.3 is 0 Å². The highest BCUT2D eigenvalue weighted by Gasteiger charge is 2.22. The molecule has 4 nitrogen and oxygen atoms in total. The molecule has 2 aromatic rings. The van der Waals surface area contributed by atoms with Crippen molar-refractivity contribution in [1.82, 2.24) is 0 Å². The number of nitrogens with one attached hydrogen (secondary N) is 1. The standard InChI is InChI=1S/C20H21NO3/c1-23-18-8-9-20(24-2)19(13-18)21-16-10-15(11-17(22)12-16)14-6-4-3-5-7-14/h3-9,12-13,15,21H,10-11H2,1-2H3. The van der Waals surface area contributed by atoms with Crippen molar-refractivity contribution in [3.63, 3.8) is 0 Å². The predicted octanol–water partition coefficient (Wildman–Crippen LogP) is 4.15. The second kappa shape index (κ2) is 7.21. The summed E-state index contributed by atoms with van der Waals surface area (Å²) in [4.78, 5) is 12.2. The predicted molar refractivity (Wildman–Crippen MR) is 94.7 cm³/mol. The number of methoxy groups -OCH3 is 2. The molecule has 0 spiro atoms. The van der Waals surface area contributed by atoms with E-state index in [1.54, 1.807) is 20.3 Å². The lowest BCUT2D eigenvalue weighted by atomic mass is 9.85. The number of rotatable bonds is 5. The average Bonchev–Trinajstić information content (AvgIpc) is 2.62. The quantitative estimate of drug-likeness (QED) is 0.898. The monoisotopic (exact) mass is 323 g/mol. The highest BCUT2D eigenvalue weighted by Crippen LogP contribution is 2.35. The Morgan fingerprint density at radius 2 is 1.79 bits per heavy atom. The van der Waals surface area contributed by atoms with E-state index < -0.39 is 0 Å². The lowest BCUT2D eigenvalue weighted by Crippen LogP contribution is -2.17. The Kier molecular flexibility index (Phi) is 4.85. The summed E-state index contributed by atoms with van der Waals surface area (Å²) in [7, 11) is 3.25. The Morgan fingerprint density at radius 3 is 2.50 bits per heavy atom. The van der Waals surface area contributed by atoms with Crippen molar-refractivity contribution < 1.29 is 14.3 Å². The third kappa shape index (κ3) is 3.59. The van der Waals surface area contributed by atoms with Crippen LogP contribution in [0.2, 0.25) is 0 Å². The molecule has 1 unspecified atom stereocenters. The molecule has 4 heteroatoms. The smallest absolute Gasteiger partial charge is 0.158 e. The number of ether oxygens (including phenoxy) is 2. The number of carbonyl (C=O) groups excluding carboxylic acids is 1. The molecular weight excluding hydrogens is 302 g/mol. The molecule has 0 fully saturated rings. The van der Waals surface area contributed by atoms with E-state index in [9.17, 15) is 4.79 Å². The van der Waals surface area contributed by atoms with E-state index in [1.807, 2.05) is 36.4 Å². The number of allylic oxidation sites excluding steroid dienone is 2. The molecule has 0 bridgehead atoms. The van der Waals surface area contributed by atoms with Crippen molar-refractivity contribution in [3.8, 4) is 11.5 Å². The van der Waals surface area contributed by atoms with Crippen LogP contribution in [-0.4, -0.2) is 20.0 Å². The maximum atomic E-state index is 12.2. The minimum atomic E-state index is 0.138. The summed E-state index contributed by atoms with van der Waals surface area (Å²) in [5.74, 6) is 1.79. The Morgan fingerprint density at radius 1 is 1.00 bits per heavy atom. The average molecular weight is 323 g/mol. The van der Waals surface area contributed by atoms with Crippen molar-refractivity contribution in [2.45, 2.75) is 18.8 Å². The summed E-state index contributed by atoms with van der Waals surface area (Å²) in [5.41, 5.74) is 2.88. The zero-order valence-corrected chi connectivity index (χ0v) is 13.9. The molecule has 0 saturated heterocycles. The van der Waals surface area contributed by atoms with Crippen LogP contribution in [0.3, 0.4) is 0 Å². The van der Waals surface area contributed by atoms with Gasteiger partial charge in [-0.15, -0.1) is 0 Å². The van der Waals surface area contributed by atoms with Crippen LogP contribution in [0.15, 0.2) is 60.3 Å². The van der Waals surface area contributed by atoms with Crippen molar-refractivity contribution in [3.05, 3.63) is 65.9 Å². The largest absolute Gasteiger partial charge is 0.497 e. The summed E-state index contributed by atoms with van der Waals surface area (Å²) < 4.78 is 10.7. The summed E-state index contributed by atoms with van der Waals surface area (Å²) >= 11 is 0. The van der Waals surface area contributed by atoms with Crippen LogP contribution in [0.25, 0.3) is 0 Å². The fraction of sp³-hybridized carbons (Fsp3) is 0.250. The van der Waals surface area contributed by atoms with Gasteiger partial charge < -0.3 is 14.8 Å². The molecule has 124 valence electrons. The van der Waals surface area contributed by atoms with E-state index in [-0.39, 0.29) is 11.7 Å². The first-order chi connectivity index (χ1) is 11.7. The van der Waals surface area contributed by atoms with Gasteiger partial charge in [0.15, 0.2) is 5.78 Å². The molecule has 1 N–H and O–H groups in total. The lowest BCUT2D eigenvalue weighted by molar-refractivity contribution is -0.115. The summed E-state index contributed by atoms with van der Waals surface area (Å²) in [5, 5.41) is 3.34. The molecule has 3 rings (SSSR count). The van der Waals surface area contributed by atoms with Gasteiger partial charge in [0.1, 0.15) is 11.5 Å². The van der Waals surface area contributed by atoms with E-state index in [2.05, 4.69) is 17.4 Å². The lowest BCUT2D eigenvalue weighted by Gasteiger charge is -2.24. The number of hydrogen-bond acceptors (Lipinski definition) is 4. The number of ketones is 1. The maximum Gasteiger partial charge on any atom is 0.158 e. The number of anilines is 1. The third-order valence-corrected chi connectivity index (χ3v) is 4.22. The van der Waals surface area contributed by atoms with E-state index in [1.165, 1.54) is 5.56 Å². The second-order valence-corrected chi connectivity index (χ2v) is 5.84. The molecule has 0 amide bonds. The summed E-state index contributed by atoms with van der Waals surface area (Å²) in [6, 6.07) is 15.7. The fourth-order valence-electron chi connectivity index (χ4n) is 3.03. The van der Waals surface area contributed by atoms with Gasteiger partial charge in [0.05, 0.1) is 19.9 Å². The molecule has 1 atom stereocenters. The topological polar surface area (TPSA) is 47.6 Å². The SMILES string of the molecule is COc1ccc(OC)c(NC2=CC(=O)CC(c3ccccc3)C2)c1. The molecule has 0 aromatic heterocycles. The Bertz CT molecular complexity index is 753.